The third-order valence-electron chi connectivity index (χ3n) is 4.75. The Morgan fingerprint density at radius 2 is 1.79 bits per heavy atom. The molecule has 0 bridgehead atoms. The number of anilines is 1. The molecule has 1 N–H and O–H groups in total. The van der Waals surface area contributed by atoms with Gasteiger partial charge in [-0.2, -0.15) is 4.31 Å². The highest BCUT2D eigenvalue weighted by Gasteiger charge is 2.33. The second kappa shape index (κ2) is 8.42. The van der Waals surface area contributed by atoms with E-state index in [0.717, 1.165) is 6.07 Å². The van der Waals surface area contributed by atoms with Gasteiger partial charge in [-0.25, -0.2) is 21.6 Å². The van der Waals surface area contributed by atoms with Gasteiger partial charge in [0, 0.05) is 13.1 Å². The number of amides is 1. The second-order valence-corrected chi connectivity index (χ2v) is 8.53. The van der Waals surface area contributed by atoms with Crippen molar-refractivity contribution in [2.45, 2.75) is 17.7 Å². The fourth-order valence-corrected chi connectivity index (χ4v) is 4.65. The lowest BCUT2D eigenvalue weighted by molar-refractivity contribution is -0.120. The van der Waals surface area contributed by atoms with Crippen LogP contribution in [0.5, 0.6) is 5.75 Å². The van der Waals surface area contributed by atoms with Gasteiger partial charge < -0.3 is 10.1 Å². The molecule has 1 amide bonds. The highest BCUT2D eigenvalue weighted by atomic mass is 32.2. The Balaban J connectivity index is 1.74. The first-order valence-corrected chi connectivity index (χ1v) is 10.3. The van der Waals surface area contributed by atoms with Crippen LogP contribution >= 0.6 is 0 Å². The van der Waals surface area contributed by atoms with Gasteiger partial charge in [-0.3, -0.25) is 4.79 Å². The van der Waals surface area contributed by atoms with Gasteiger partial charge in [0.25, 0.3) is 0 Å². The van der Waals surface area contributed by atoms with Gasteiger partial charge in [-0.15, -0.1) is 0 Å². The summed E-state index contributed by atoms with van der Waals surface area (Å²) < 4.78 is 72.1. The topological polar surface area (TPSA) is 75.7 Å². The Labute approximate surface area is 166 Å². The maximum Gasteiger partial charge on any atom is 0.243 e. The molecule has 156 valence electrons. The molecule has 0 saturated carbocycles. The number of carbonyl (C=O) groups is 1. The fraction of sp³-hybridized carbons (Fsp3) is 0.316. The molecule has 3 rings (SSSR count). The summed E-state index contributed by atoms with van der Waals surface area (Å²) >= 11 is 0. The molecule has 0 aliphatic carbocycles. The lowest BCUT2D eigenvalue weighted by atomic mass is 9.98. The van der Waals surface area contributed by atoms with E-state index in [1.807, 2.05) is 0 Å². The number of halogens is 3. The van der Waals surface area contributed by atoms with Crippen LogP contribution in [-0.4, -0.2) is 38.8 Å². The van der Waals surface area contributed by atoms with E-state index >= 15 is 0 Å². The molecule has 1 aliphatic heterocycles. The first kappa shape index (κ1) is 21.1. The molecule has 1 aliphatic rings. The minimum Gasteiger partial charge on any atom is -0.497 e. The predicted octanol–water partition coefficient (Wildman–Crippen LogP) is 3.15. The Bertz CT molecular complexity index is 1010. The summed E-state index contributed by atoms with van der Waals surface area (Å²) in [5, 5.41) is 2.22. The van der Waals surface area contributed by atoms with Gasteiger partial charge in [-0.1, -0.05) is 0 Å². The SMILES string of the molecule is COc1ccc(S(=O)(=O)N2CCC[C@@H](C(=O)Nc3ccc(F)c(F)c3F)C2)cc1. The van der Waals surface area contributed by atoms with Gasteiger partial charge in [-0.05, 0) is 49.2 Å². The molecule has 0 unspecified atom stereocenters. The summed E-state index contributed by atoms with van der Waals surface area (Å²) in [4.78, 5) is 12.5. The van der Waals surface area contributed by atoms with E-state index in [9.17, 15) is 26.4 Å². The van der Waals surface area contributed by atoms with E-state index in [-0.39, 0.29) is 18.0 Å². The third kappa shape index (κ3) is 4.38. The van der Waals surface area contributed by atoms with Gasteiger partial charge in [0.15, 0.2) is 17.5 Å². The molecule has 2 aromatic carbocycles. The standard InChI is InChI=1S/C19H19F3N2O4S/c1-28-13-4-6-14(7-5-13)29(26,27)24-10-2-3-12(11-24)19(25)23-16-9-8-15(20)17(21)18(16)22/h4-9,12H,2-3,10-11H2,1H3,(H,23,25)/t12-/m1/s1. The first-order valence-electron chi connectivity index (χ1n) is 8.82. The number of methoxy groups -OCH3 is 1. The van der Waals surface area contributed by atoms with E-state index < -0.39 is 45.0 Å². The zero-order valence-electron chi connectivity index (χ0n) is 15.5. The van der Waals surface area contributed by atoms with Crippen LogP contribution < -0.4 is 10.1 Å². The largest absolute Gasteiger partial charge is 0.497 e. The lowest BCUT2D eigenvalue weighted by Gasteiger charge is -2.31. The number of benzene rings is 2. The molecular formula is C19H19F3N2O4S. The lowest BCUT2D eigenvalue weighted by Crippen LogP contribution is -2.43. The van der Waals surface area contributed by atoms with Crippen LogP contribution in [0, 0.1) is 23.4 Å². The monoisotopic (exact) mass is 428 g/mol. The molecule has 0 radical (unpaired) electrons. The van der Waals surface area contributed by atoms with Crippen molar-refractivity contribution in [3.63, 3.8) is 0 Å². The molecular weight excluding hydrogens is 409 g/mol. The number of sulfonamides is 1. The van der Waals surface area contributed by atoms with Crippen molar-refractivity contribution in [2.24, 2.45) is 5.92 Å². The van der Waals surface area contributed by atoms with Gasteiger partial charge >= 0.3 is 0 Å². The van der Waals surface area contributed by atoms with Crippen molar-refractivity contribution in [2.75, 3.05) is 25.5 Å². The normalized spacial score (nSPS) is 17.7. The van der Waals surface area contributed by atoms with Gasteiger partial charge in [0.2, 0.25) is 15.9 Å². The minimum atomic E-state index is -3.83. The van der Waals surface area contributed by atoms with E-state index in [4.69, 9.17) is 4.74 Å². The first-order chi connectivity index (χ1) is 13.7. The zero-order valence-corrected chi connectivity index (χ0v) is 16.3. The van der Waals surface area contributed by atoms with E-state index in [2.05, 4.69) is 5.32 Å². The molecule has 1 atom stereocenters. The van der Waals surface area contributed by atoms with Crippen LogP contribution in [0.1, 0.15) is 12.8 Å². The summed E-state index contributed by atoms with van der Waals surface area (Å²) in [7, 11) is -2.37. The number of rotatable bonds is 5. The van der Waals surface area contributed by atoms with Crippen molar-refractivity contribution >= 4 is 21.6 Å². The van der Waals surface area contributed by atoms with Crippen LogP contribution in [-0.2, 0) is 14.8 Å². The van der Waals surface area contributed by atoms with Crippen LogP contribution in [0.3, 0.4) is 0 Å². The fourth-order valence-electron chi connectivity index (χ4n) is 3.13. The van der Waals surface area contributed by atoms with Crippen LogP contribution in [0.15, 0.2) is 41.3 Å². The van der Waals surface area contributed by atoms with Gasteiger partial charge in [0.1, 0.15) is 5.75 Å². The molecule has 0 aromatic heterocycles. The molecule has 29 heavy (non-hydrogen) atoms. The van der Waals surface area contributed by atoms with Crippen molar-refractivity contribution < 1.29 is 31.1 Å². The predicted molar refractivity (Wildman–Crippen MR) is 99.4 cm³/mol. The smallest absolute Gasteiger partial charge is 0.243 e. The van der Waals surface area contributed by atoms with E-state index in [1.54, 1.807) is 0 Å². The summed E-state index contributed by atoms with van der Waals surface area (Å²) in [5.74, 6) is -5.47. The van der Waals surface area contributed by atoms with Crippen molar-refractivity contribution in [1.82, 2.24) is 4.31 Å². The number of carbonyl (C=O) groups excluding carboxylic acids is 1. The number of nitrogens with one attached hydrogen (secondary N) is 1. The molecule has 10 heteroatoms. The van der Waals surface area contributed by atoms with Crippen LogP contribution in [0.2, 0.25) is 0 Å². The Morgan fingerprint density at radius 1 is 1.10 bits per heavy atom. The second-order valence-electron chi connectivity index (χ2n) is 6.59. The summed E-state index contributed by atoms with van der Waals surface area (Å²) in [6.45, 7) is 0.128. The maximum absolute atomic E-state index is 13.8. The highest BCUT2D eigenvalue weighted by Crippen LogP contribution is 2.27. The maximum atomic E-state index is 13.8. The number of ether oxygens (including phenoxy) is 1. The highest BCUT2D eigenvalue weighted by molar-refractivity contribution is 7.89. The van der Waals surface area contributed by atoms with Crippen LogP contribution in [0.25, 0.3) is 0 Å². The Kier molecular flexibility index (Phi) is 6.13. The molecule has 1 fully saturated rings. The minimum absolute atomic E-state index is 0.0611. The van der Waals surface area contributed by atoms with Crippen molar-refractivity contribution in [3.05, 3.63) is 53.8 Å². The number of piperidine rings is 1. The molecule has 2 aromatic rings. The van der Waals surface area contributed by atoms with Gasteiger partial charge in [0.05, 0.1) is 23.6 Å². The average molecular weight is 428 g/mol. The quantitative estimate of drug-likeness (QED) is 0.743. The Hall–Kier alpha value is -2.59. The van der Waals surface area contributed by atoms with E-state index in [1.165, 1.54) is 35.7 Å². The summed E-state index contributed by atoms with van der Waals surface area (Å²) in [6, 6.07) is 7.48. The molecule has 0 spiro atoms. The number of hydrogen-bond donors (Lipinski definition) is 1. The van der Waals surface area contributed by atoms with Crippen LogP contribution in [0.4, 0.5) is 18.9 Å². The Morgan fingerprint density at radius 3 is 2.45 bits per heavy atom. The molecule has 1 saturated heterocycles. The zero-order chi connectivity index (χ0) is 21.2. The number of hydrogen-bond acceptors (Lipinski definition) is 4. The molecule has 1 heterocycles. The number of nitrogens with zero attached hydrogens (tertiary/aromatic N) is 1. The average Bonchev–Trinajstić information content (AvgIpc) is 2.74. The van der Waals surface area contributed by atoms with E-state index in [0.29, 0.717) is 24.7 Å². The van der Waals surface area contributed by atoms with Crippen molar-refractivity contribution in [1.29, 1.82) is 0 Å². The van der Waals surface area contributed by atoms with Crippen molar-refractivity contribution in [3.8, 4) is 5.75 Å². The summed E-state index contributed by atoms with van der Waals surface area (Å²) in [5.41, 5.74) is -0.496. The third-order valence-corrected chi connectivity index (χ3v) is 6.62. The summed E-state index contributed by atoms with van der Waals surface area (Å²) in [6.07, 6.45) is 0.805. The molecule has 6 nitrogen and oxygen atoms in total.